The molecule has 0 aromatic heterocycles. The van der Waals surface area contributed by atoms with Gasteiger partial charge in [-0.05, 0) is 35.4 Å². The number of phenols is 1. The predicted octanol–water partition coefficient (Wildman–Crippen LogP) is 3.59. The van der Waals surface area contributed by atoms with E-state index >= 15 is 0 Å². The molecule has 2 aromatic rings. The Hall–Kier alpha value is -2.62. The summed E-state index contributed by atoms with van der Waals surface area (Å²) < 4.78 is 15.6. The SMILES string of the molecule is COc1cc(O)cc(/C=C\c2ccc(OC)c(OC)c2)c1. The van der Waals surface area contributed by atoms with Crippen molar-refractivity contribution in [1.29, 1.82) is 0 Å². The van der Waals surface area contributed by atoms with Gasteiger partial charge in [0.15, 0.2) is 11.5 Å². The zero-order chi connectivity index (χ0) is 15.2. The topological polar surface area (TPSA) is 47.9 Å². The van der Waals surface area contributed by atoms with Gasteiger partial charge in [-0.25, -0.2) is 0 Å². The van der Waals surface area contributed by atoms with Crippen molar-refractivity contribution in [3.05, 3.63) is 47.5 Å². The van der Waals surface area contributed by atoms with Gasteiger partial charge in [-0.15, -0.1) is 0 Å². The summed E-state index contributed by atoms with van der Waals surface area (Å²) >= 11 is 0. The normalized spacial score (nSPS) is 10.6. The highest BCUT2D eigenvalue weighted by molar-refractivity contribution is 5.72. The maximum atomic E-state index is 9.62. The molecule has 0 bridgehead atoms. The fraction of sp³-hybridized carbons (Fsp3) is 0.176. The zero-order valence-electron chi connectivity index (χ0n) is 12.3. The van der Waals surface area contributed by atoms with Gasteiger partial charge in [-0.2, -0.15) is 0 Å². The van der Waals surface area contributed by atoms with Crippen LogP contribution in [0.2, 0.25) is 0 Å². The fourth-order valence-corrected chi connectivity index (χ4v) is 1.97. The lowest BCUT2D eigenvalue weighted by Crippen LogP contribution is -1.90. The van der Waals surface area contributed by atoms with E-state index in [0.717, 1.165) is 11.1 Å². The first-order valence-electron chi connectivity index (χ1n) is 6.44. The molecular weight excluding hydrogens is 268 g/mol. The van der Waals surface area contributed by atoms with E-state index in [4.69, 9.17) is 14.2 Å². The molecule has 0 aliphatic rings. The molecule has 0 amide bonds. The zero-order valence-corrected chi connectivity index (χ0v) is 12.3. The van der Waals surface area contributed by atoms with Crippen molar-refractivity contribution < 1.29 is 19.3 Å². The van der Waals surface area contributed by atoms with Gasteiger partial charge >= 0.3 is 0 Å². The van der Waals surface area contributed by atoms with Crippen molar-refractivity contribution in [2.45, 2.75) is 0 Å². The van der Waals surface area contributed by atoms with Crippen LogP contribution < -0.4 is 14.2 Å². The third kappa shape index (κ3) is 3.69. The molecule has 0 saturated carbocycles. The van der Waals surface area contributed by atoms with E-state index in [2.05, 4.69) is 0 Å². The monoisotopic (exact) mass is 286 g/mol. The number of aromatic hydroxyl groups is 1. The van der Waals surface area contributed by atoms with E-state index in [-0.39, 0.29) is 5.75 Å². The van der Waals surface area contributed by atoms with Crippen LogP contribution in [0.3, 0.4) is 0 Å². The fourth-order valence-electron chi connectivity index (χ4n) is 1.97. The smallest absolute Gasteiger partial charge is 0.161 e. The van der Waals surface area contributed by atoms with Crippen LogP contribution >= 0.6 is 0 Å². The first-order valence-corrected chi connectivity index (χ1v) is 6.44. The molecule has 1 N–H and O–H groups in total. The maximum Gasteiger partial charge on any atom is 0.161 e. The Balaban J connectivity index is 2.27. The molecule has 0 saturated heterocycles. The molecule has 0 unspecified atom stereocenters. The number of hydrogen-bond acceptors (Lipinski definition) is 4. The number of phenolic OH excluding ortho intramolecular Hbond substituents is 1. The molecule has 0 atom stereocenters. The molecule has 2 rings (SSSR count). The van der Waals surface area contributed by atoms with Gasteiger partial charge in [0.25, 0.3) is 0 Å². The first-order chi connectivity index (χ1) is 10.2. The van der Waals surface area contributed by atoms with Crippen molar-refractivity contribution >= 4 is 12.2 Å². The minimum absolute atomic E-state index is 0.168. The minimum Gasteiger partial charge on any atom is -0.508 e. The van der Waals surface area contributed by atoms with Gasteiger partial charge in [0.05, 0.1) is 21.3 Å². The maximum absolute atomic E-state index is 9.62. The molecular formula is C17H18O4. The molecule has 0 aliphatic heterocycles. The van der Waals surface area contributed by atoms with Crippen LogP contribution in [0.4, 0.5) is 0 Å². The van der Waals surface area contributed by atoms with Crippen molar-refractivity contribution in [2.75, 3.05) is 21.3 Å². The van der Waals surface area contributed by atoms with Crippen LogP contribution in [0.1, 0.15) is 11.1 Å². The second kappa shape index (κ2) is 6.70. The first kappa shape index (κ1) is 14.8. The number of ether oxygens (including phenoxy) is 3. The lowest BCUT2D eigenvalue weighted by molar-refractivity contribution is 0.355. The average Bonchev–Trinajstić information content (AvgIpc) is 2.52. The Morgan fingerprint density at radius 1 is 0.762 bits per heavy atom. The van der Waals surface area contributed by atoms with E-state index in [9.17, 15) is 5.11 Å². The lowest BCUT2D eigenvalue weighted by atomic mass is 10.1. The summed E-state index contributed by atoms with van der Waals surface area (Å²) in [6.45, 7) is 0. The van der Waals surface area contributed by atoms with Crippen LogP contribution in [0.25, 0.3) is 12.2 Å². The van der Waals surface area contributed by atoms with E-state index in [0.29, 0.717) is 17.2 Å². The van der Waals surface area contributed by atoms with E-state index in [1.54, 1.807) is 33.5 Å². The molecule has 0 radical (unpaired) electrons. The lowest BCUT2D eigenvalue weighted by Gasteiger charge is -2.07. The summed E-state index contributed by atoms with van der Waals surface area (Å²) in [7, 11) is 4.77. The van der Waals surface area contributed by atoms with Crippen molar-refractivity contribution in [3.8, 4) is 23.0 Å². The molecule has 21 heavy (non-hydrogen) atoms. The average molecular weight is 286 g/mol. The molecule has 0 aliphatic carbocycles. The number of hydrogen-bond donors (Lipinski definition) is 1. The Morgan fingerprint density at radius 3 is 2.14 bits per heavy atom. The number of benzene rings is 2. The van der Waals surface area contributed by atoms with Gasteiger partial charge in [-0.3, -0.25) is 0 Å². The summed E-state index contributed by atoms with van der Waals surface area (Å²) in [4.78, 5) is 0. The van der Waals surface area contributed by atoms with Crippen LogP contribution in [0, 0.1) is 0 Å². The summed E-state index contributed by atoms with van der Waals surface area (Å²) in [6.07, 6.45) is 3.82. The van der Waals surface area contributed by atoms with Crippen molar-refractivity contribution in [1.82, 2.24) is 0 Å². The Kier molecular flexibility index (Phi) is 4.72. The van der Waals surface area contributed by atoms with Crippen LogP contribution in [-0.2, 0) is 0 Å². The second-order valence-corrected chi connectivity index (χ2v) is 4.41. The minimum atomic E-state index is 0.168. The standard InChI is InChI=1S/C17H18O4/c1-19-15-9-13(8-14(18)11-15)5-4-12-6-7-16(20-2)17(10-12)21-3/h4-11,18H,1-3H3/b5-4-. The van der Waals surface area contributed by atoms with Gasteiger partial charge in [0.1, 0.15) is 11.5 Å². The van der Waals surface area contributed by atoms with Gasteiger partial charge in [0.2, 0.25) is 0 Å². The quantitative estimate of drug-likeness (QED) is 0.853. The molecule has 0 heterocycles. The molecule has 0 spiro atoms. The third-order valence-electron chi connectivity index (χ3n) is 3.03. The van der Waals surface area contributed by atoms with Crippen LogP contribution in [0.15, 0.2) is 36.4 Å². The highest BCUT2D eigenvalue weighted by Gasteiger charge is 2.03. The summed E-state index contributed by atoms with van der Waals surface area (Å²) in [5, 5.41) is 9.62. The van der Waals surface area contributed by atoms with Gasteiger partial charge < -0.3 is 19.3 Å². The number of methoxy groups -OCH3 is 3. The van der Waals surface area contributed by atoms with Crippen LogP contribution in [-0.4, -0.2) is 26.4 Å². The van der Waals surface area contributed by atoms with Gasteiger partial charge in [-0.1, -0.05) is 18.2 Å². The summed E-state index contributed by atoms with van der Waals surface area (Å²) in [5.74, 6) is 2.14. The molecule has 0 fully saturated rings. The third-order valence-corrected chi connectivity index (χ3v) is 3.03. The second-order valence-electron chi connectivity index (χ2n) is 4.41. The largest absolute Gasteiger partial charge is 0.508 e. The molecule has 4 heteroatoms. The van der Waals surface area contributed by atoms with Gasteiger partial charge in [0, 0.05) is 6.07 Å². The van der Waals surface area contributed by atoms with E-state index < -0.39 is 0 Å². The summed E-state index contributed by atoms with van der Waals surface area (Å²) in [5.41, 5.74) is 1.82. The Morgan fingerprint density at radius 2 is 1.48 bits per heavy atom. The number of rotatable bonds is 5. The van der Waals surface area contributed by atoms with Crippen LogP contribution in [0.5, 0.6) is 23.0 Å². The molecule has 2 aromatic carbocycles. The highest BCUT2D eigenvalue weighted by atomic mass is 16.5. The molecule has 4 nitrogen and oxygen atoms in total. The molecule has 110 valence electrons. The Bertz CT molecular complexity index is 647. The highest BCUT2D eigenvalue weighted by Crippen LogP contribution is 2.29. The van der Waals surface area contributed by atoms with Crippen molar-refractivity contribution in [3.63, 3.8) is 0 Å². The van der Waals surface area contributed by atoms with Crippen molar-refractivity contribution in [2.24, 2.45) is 0 Å². The predicted molar refractivity (Wildman–Crippen MR) is 83.1 cm³/mol. The summed E-state index contributed by atoms with van der Waals surface area (Å²) in [6, 6.07) is 10.7. The van der Waals surface area contributed by atoms with E-state index in [1.165, 1.54) is 0 Å². The Labute approximate surface area is 124 Å². The van der Waals surface area contributed by atoms with E-state index in [1.807, 2.05) is 36.4 Å².